The number of phenols is 1. The molecule has 0 unspecified atom stereocenters. The number of benzene rings is 2. The number of aromatic nitrogens is 1. The van der Waals surface area contributed by atoms with Crippen LogP contribution in [-0.4, -0.2) is 111 Å². The fourth-order valence-corrected chi connectivity index (χ4v) is 6.04. The molecule has 0 radical (unpaired) electrons. The summed E-state index contributed by atoms with van der Waals surface area (Å²) in [4.78, 5) is 105. The normalized spacial score (nSPS) is 13.7. The predicted octanol–water partition coefficient (Wildman–Crippen LogP) is -0.191. The van der Waals surface area contributed by atoms with Crippen LogP contribution in [0, 0.1) is 11.8 Å². The molecular weight excluding hydrogens is 768 g/mol. The second-order valence-electron chi connectivity index (χ2n) is 14.9. The number of aromatic amines is 1. The Balaban J connectivity index is 1.66. The van der Waals surface area contributed by atoms with E-state index in [1.807, 2.05) is 0 Å². The topological polar surface area (TPSA) is 311 Å². The number of nitrogens with two attached hydrogens (primary N) is 1. The summed E-state index contributed by atoms with van der Waals surface area (Å²) in [7, 11) is 0. The lowest BCUT2D eigenvalue weighted by molar-refractivity contribution is -0.143. The van der Waals surface area contributed by atoms with E-state index in [0.29, 0.717) is 11.1 Å². The Morgan fingerprint density at radius 1 is 0.695 bits per heavy atom. The van der Waals surface area contributed by atoms with Crippen molar-refractivity contribution in [1.82, 2.24) is 36.9 Å². The number of para-hydroxylation sites is 1. The average molecular weight is 823 g/mol. The van der Waals surface area contributed by atoms with E-state index in [9.17, 15) is 53.7 Å². The first-order valence-corrected chi connectivity index (χ1v) is 19.1. The van der Waals surface area contributed by atoms with Gasteiger partial charge in [0.05, 0.1) is 19.1 Å². The van der Waals surface area contributed by atoms with Crippen LogP contribution in [0.2, 0.25) is 0 Å². The van der Waals surface area contributed by atoms with Gasteiger partial charge in [0.25, 0.3) is 0 Å². The van der Waals surface area contributed by atoms with Crippen LogP contribution in [0.25, 0.3) is 10.9 Å². The molecule has 0 fully saturated rings. The lowest BCUT2D eigenvalue weighted by Crippen LogP contribution is -2.57. The van der Waals surface area contributed by atoms with E-state index >= 15 is 0 Å². The first-order chi connectivity index (χ1) is 27.8. The summed E-state index contributed by atoms with van der Waals surface area (Å²) in [6, 6.07) is 7.09. The number of carboxylic acids is 2. The van der Waals surface area contributed by atoms with Crippen LogP contribution in [0.5, 0.6) is 5.75 Å². The molecule has 3 rings (SSSR count). The summed E-state index contributed by atoms with van der Waals surface area (Å²) in [6.07, 6.45) is 0.813. The lowest BCUT2D eigenvalue weighted by atomic mass is 10.0. The lowest BCUT2D eigenvalue weighted by Gasteiger charge is -2.25. The van der Waals surface area contributed by atoms with Crippen molar-refractivity contribution in [3.63, 3.8) is 0 Å². The van der Waals surface area contributed by atoms with Gasteiger partial charge in [0.2, 0.25) is 35.4 Å². The maximum atomic E-state index is 13.8. The van der Waals surface area contributed by atoms with Crippen molar-refractivity contribution in [2.24, 2.45) is 17.6 Å². The average Bonchev–Trinajstić information content (AvgIpc) is 3.58. The number of carboxylic acid groups (broad SMARTS) is 2. The summed E-state index contributed by atoms with van der Waals surface area (Å²) >= 11 is 0. The van der Waals surface area contributed by atoms with Crippen molar-refractivity contribution in [3.05, 3.63) is 65.9 Å². The van der Waals surface area contributed by atoms with Gasteiger partial charge in [-0.05, 0) is 60.4 Å². The van der Waals surface area contributed by atoms with Crippen molar-refractivity contribution in [2.75, 3.05) is 13.1 Å². The Bertz CT molecular complexity index is 1960. The van der Waals surface area contributed by atoms with Crippen LogP contribution in [0.1, 0.15) is 58.1 Å². The van der Waals surface area contributed by atoms with Crippen molar-refractivity contribution >= 4 is 58.3 Å². The Kier molecular flexibility index (Phi) is 17.8. The number of fused-ring (bicyclic) bond motifs is 1. The van der Waals surface area contributed by atoms with E-state index < -0.39 is 103 Å². The quantitative estimate of drug-likeness (QED) is 0.0593. The first kappa shape index (κ1) is 46.9. The summed E-state index contributed by atoms with van der Waals surface area (Å²) in [5, 5.41) is 43.9. The number of hydrogen-bond acceptors (Lipinski definition) is 10. The van der Waals surface area contributed by atoms with Crippen LogP contribution < -0.4 is 37.6 Å². The third-order valence-corrected chi connectivity index (χ3v) is 9.20. The highest BCUT2D eigenvalue weighted by atomic mass is 16.4. The van der Waals surface area contributed by atoms with E-state index in [1.54, 1.807) is 70.3 Å². The molecule has 0 aliphatic heterocycles. The number of amides is 6. The molecule has 0 spiro atoms. The number of carbonyl (C=O) groups is 8. The molecule has 2 aromatic carbocycles. The van der Waals surface area contributed by atoms with Gasteiger partial charge in [-0.25, -0.2) is 4.79 Å². The third-order valence-electron chi connectivity index (χ3n) is 9.20. The molecule has 59 heavy (non-hydrogen) atoms. The zero-order valence-corrected chi connectivity index (χ0v) is 33.4. The van der Waals surface area contributed by atoms with Crippen molar-refractivity contribution in [1.29, 1.82) is 0 Å². The minimum atomic E-state index is -1.48. The molecular formula is C40H54N8O11. The number of H-pyrrole nitrogens is 1. The Labute approximate surface area is 340 Å². The molecule has 1 heterocycles. The number of rotatable bonds is 23. The highest BCUT2D eigenvalue weighted by Gasteiger charge is 2.31. The third kappa shape index (κ3) is 15.4. The smallest absolute Gasteiger partial charge is 0.326 e. The van der Waals surface area contributed by atoms with E-state index in [0.717, 1.165) is 10.9 Å². The maximum Gasteiger partial charge on any atom is 0.326 e. The summed E-state index contributed by atoms with van der Waals surface area (Å²) in [6.45, 7) is 5.67. The summed E-state index contributed by atoms with van der Waals surface area (Å²) in [5.41, 5.74) is 8.09. The molecule has 0 bridgehead atoms. The second kappa shape index (κ2) is 22.4. The number of aliphatic carboxylic acids is 2. The molecule has 5 atom stereocenters. The fraction of sp³-hybridized carbons (Fsp3) is 0.450. The molecule has 19 heteroatoms. The van der Waals surface area contributed by atoms with Crippen molar-refractivity contribution < 1.29 is 53.7 Å². The van der Waals surface area contributed by atoms with Crippen molar-refractivity contribution in [3.8, 4) is 5.75 Å². The molecule has 0 aliphatic rings. The minimum absolute atomic E-state index is 0.0561. The highest BCUT2D eigenvalue weighted by molar-refractivity contribution is 5.96. The Morgan fingerprint density at radius 3 is 1.95 bits per heavy atom. The van der Waals surface area contributed by atoms with Gasteiger partial charge >= 0.3 is 11.9 Å². The van der Waals surface area contributed by atoms with Crippen LogP contribution in [-0.2, 0) is 51.2 Å². The van der Waals surface area contributed by atoms with Gasteiger partial charge in [0, 0.05) is 29.9 Å². The molecule has 0 aliphatic carbocycles. The largest absolute Gasteiger partial charge is 0.508 e. The van der Waals surface area contributed by atoms with Gasteiger partial charge in [0.1, 0.15) is 29.9 Å². The minimum Gasteiger partial charge on any atom is -0.508 e. The Morgan fingerprint density at radius 2 is 1.32 bits per heavy atom. The number of nitrogens with one attached hydrogen (secondary N) is 7. The molecule has 320 valence electrons. The Hall–Kier alpha value is -6.50. The second-order valence-corrected chi connectivity index (χ2v) is 14.9. The fourth-order valence-electron chi connectivity index (χ4n) is 6.04. The van der Waals surface area contributed by atoms with Gasteiger partial charge in [0.15, 0.2) is 0 Å². The van der Waals surface area contributed by atoms with Crippen LogP contribution in [0.4, 0.5) is 0 Å². The van der Waals surface area contributed by atoms with Crippen LogP contribution in [0.3, 0.4) is 0 Å². The number of phenolic OH excluding ortho intramolecular Hbond substituents is 1. The maximum absolute atomic E-state index is 13.8. The first-order valence-electron chi connectivity index (χ1n) is 19.1. The number of hydrogen-bond donors (Lipinski definition) is 11. The van der Waals surface area contributed by atoms with Gasteiger partial charge in [-0.2, -0.15) is 0 Å². The van der Waals surface area contributed by atoms with E-state index in [-0.39, 0.29) is 37.4 Å². The standard InChI is InChI=1S/C40H54N8O11/c1-21(2)15-31(40(58)59)47-37(55)29(13-14-34(52)53)46-38(56)30(17-24-18-42-28-8-6-5-7-26(24)28)45-33(51)20-43-32(50)19-44-39(57)35(22(3)4)48-36(54)27(41)16-23-9-11-25(49)12-10-23/h5-12,18,21-22,27,29-31,35,42,49H,13-17,19-20,41H2,1-4H3,(H,43,50)(H,44,57)(H,45,51)(H,46,56)(H,47,55)(H,48,54)(H,52,53)(H,58,59)/t27-,29-,30-,31-,35-/m0/s1. The zero-order chi connectivity index (χ0) is 43.8. The molecule has 1 aromatic heterocycles. The van der Waals surface area contributed by atoms with E-state index in [2.05, 4.69) is 36.9 Å². The summed E-state index contributed by atoms with van der Waals surface area (Å²) in [5.74, 6) is -7.72. The number of carbonyl (C=O) groups excluding carboxylic acids is 6. The molecule has 0 saturated heterocycles. The molecule has 12 N–H and O–H groups in total. The zero-order valence-electron chi connectivity index (χ0n) is 33.4. The van der Waals surface area contributed by atoms with E-state index in [4.69, 9.17) is 5.73 Å². The SMILES string of the molecule is CC(C)C[C@H](NC(=O)[C@H](CCC(=O)O)NC(=O)[C@H](Cc1c[nH]c2ccccc12)NC(=O)CNC(=O)CNC(=O)[C@@H](NC(=O)[C@@H](N)Cc1ccc(O)cc1)C(C)C)C(=O)O. The van der Waals surface area contributed by atoms with Crippen LogP contribution >= 0.6 is 0 Å². The molecule has 6 amide bonds. The van der Waals surface area contributed by atoms with Crippen LogP contribution in [0.15, 0.2) is 54.7 Å². The van der Waals surface area contributed by atoms with E-state index in [1.165, 1.54) is 12.1 Å². The van der Waals surface area contributed by atoms with Gasteiger partial charge in [-0.1, -0.05) is 58.0 Å². The van der Waals surface area contributed by atoms with Gasteiger partial charge < -0.3 is 57.9 Å². The monoisotopic (exact) mass is 822 g/mol. The van der Waals surface area contributed by atoms with Crippen molar-refractivity contribution in [2.45, 2.75) is 90.0 Å². The summed E-state index contributed by atoms with van der Waals surface area (Å²) < 4.78 is 0. The van der Waals surface area contributed by atoms with Gasteiger partial charge in [-0.3, -0.25) is 33.6 Å². The van der Waals surface area contributed by atoms with Gasteiger partial charge in [-0.15, -0.1) is 0 Å². The molecule has 19 nitrogen and oxygen atoms in total. The number of aromatic hydroxyl groups is 1. The predicted molar refractivity (Wildman–Crippen MR) is 214 cm³/mol. The molecule has 0 saturated carbocycles. The molecule has 3 aromatic rings. The highest BCUT2D eigenvalue weighted by Crippen LogP contribution is 2.19.